The molecule has 1 fully saturated rings. The summed E-state index contributed by atoms with van der Waals surface area (Å²) in [6, 6.07) is 2.28. The maximum atomic E-state index is 13.5. The maximum Gasteiger partial charge on any atom is 0.304 e. The fourth-order valence-electron chi connectivity index (χ4n) is 2.09. The largest absolute Gasteiger partial charge is 0.326 e. The minimum atomic E-state index is -3.88. The Kier molecular flexibility index (Phi) is 3.76. The Morgan fingerprint density at radius 2 is 2.10 bits per heavy atom. The van der Waals surface area contributed by atoms with E-state index in [-0.39, 0.29) is 29.9 Å². The Balaban J connectivity index is 2.36. The standard InChI is InChI=1S/C11H14FN3O4S/c1-7-5-14(6-10(7)13)20(18,19)8-2-3-11(15(16)17)9(12)4-8/h2-4,7,10H,5-6,13H2,1H3. The van der Waals surface area contributed by atoms with Gasteiger partial charge in [-0.05, 0) is 12.0 Å². The Morgan fingerprint density at radius 3 is 2.55 bits per heavy atom. The highest BCUT2D eigenvalue weighted by Crippen LogP contribution is 2.26. The van der Waals surface area contributed by atoms with Crippen molar-refractivity contribution in [1.82, 2.24) is 4.31 Å². The van der Waals surface area contributed by atoms with Gasteiger partial charge in [0.1, 0.15) is 0 Å². The smallest absolute Gasteiger partial charge is 0.304 e. The highest BCUT2D eigenvalue weighted by atomic mass is 32.2. The quantitative estimate of drug-likeness (QED) is 0.653. The van der Waals surface area contributed by atoms with E-state index in [1.165, 1.54) is 4.31 Å². The van der Waals surface area contributed by atoms with E-state index in [1.54, 1.807) is 0 Å². The second-order valence-corrected chi connectivity index (χ2v) is 6.77. The van der Waals surface area contributed by atoms with Gasteiger partial charge in [-0.1, -0.05) is 6.92 Å². The summed E-state index contributed by atoms with van der Waals surface area (Å²) in [5, 5.41) is 10.5. The molecule has 20 heavy (non-hydrogen) atoms. The Morgan fingerprint density at radius 1 is 1.45 bits per heavy atom. The van der Waals surface area contributed by atoms with E-state index in [0.29, 0.717) is 6.07 Å². The van der Waals surface area contributed by atoms with Crippen molar-refractivity contribution >= 4 is 15.7 Å². The van der Waals surface area contributed by atoms with Crippen molar-refractivity contribution in [3.63, 3.8) is 0 Å². The number of sulfonamides is 1. The summed E-state index contributed by atoms with van der Waals surface area (Å²) in [6.45, 7) is 2.24. The van der Waals surface area contributed by atoms with E-state index in [0.717, 1.165) is 12.1 Å². The van der Waals surface area contributed by atoms with Crippen LogP contribution in [0.3, 0.4) is 0 Å². The van der Waals surface area contributed by atoms with Crippen molar-refractivity contribution < 1.29 is 17.7 Å². The minimum absolute atomic E-state index is 0.00710. The molecule has 1 heterocycles. The number of nitro groups is 1. The van der Waals surface area contributed by atoms with Crippen LogP contribution in [0.1, 0.15) is 6.92 Å². The summed E-state index contributed by atoms with van der Waals surface area (Å²) >= 11 is 0. The molecule has 0 saturated carbocycles. The topological polar surface area (TPSA) is 107 Å². The molecule has 9 heteroatoms. The van der Waals surface area contributed by atoms with Gasteiger partial charge >= 0.3 is 5.69 Å². The molecule has 0 bridgehead atoms. The van der Waals surface area contributed by atoms with Crippen LogP contribution in [0.25, 0.3) is 0 Å². The van der Waals surface area contributed by atoms with Crippen molar-refractivity contribution in [3.05, 3.63) is 34.1 Å². The van der Waals surface area contributed by atoms with Crippen LogP contribution in [0.15, 0.2) is 23.1 Å². The number of halogens is 1. The van der Waals surface area contributed by atoms with Gasteiger partial charge in [-0.3, -0.25) is 10.1 Å². The Bertz CT molecular complexity index is 639. The number of nitro benzene ring substituents is 1. The van der Waals surface area contributed by atoms with Crippen LogP contribution < -0.4 is 5.73 Å². The summed E-state index contributed by atoms with van der Waals surface area (Å²) in [5.41, 5.74) is 5.01. The Labute approximate surface area is 115 Å². The van der Waals surface area contributed by atoms with Gasteiger partial charge in [-0.25, -0.2) is 8.42 Å². The molecule has 0 amide bonds. The predicted octanol–water partition coefficient (Wildman–Crippen LogP) is 0.702. The molecule has 2 N–H and O–H groups in total. The molecule has 7 nitrogen and oxygen atoms in total. The average Bonchev–Trinajstić information content (AvgIpc) is 2.69. The molecule has 0 spiro atoms. The predicted molar refractivity (Wildman–Crippen MR) is 69.0 cm³/mol. The lowest BCUT2D eigenvalue weighted by atomic mass is 10.1. The third kappa shape index (κ3) is 2.51. The van der Waals surface area contributed by atoms with Gasteiger partial charge in [-0.2, -0.15) is 8.70 Å². The first kappa shape index (κ1) is 14.8. The Hall–Kier alpha value is -1.58. The molecule has 2 rings (SSSR count). The molecule has 1 aromatic carbocycles. The van der Waals surface area contributed by atoms with Gasteiger partial charge in [0.2, 0.25) is 15.8 Å². The van der Waals surface area contributed by atoms with E-state index in [9.17, 15) is 22.9 Å². The van der Waals surface area contributed by atoms with Gasteiger partial charge < -0.3 is 5.73 Å². The molecule has 0 aliphatic carbocycles. The highest BCUT2D eigenvalue weighted by Gasteiger charge is 2.36. The van der Waals surface area contributed by atoms with Gasteiger partial charge in [0.05, 0.1) is 9.82 Å². The zero-order valence-corrected chi connectivity index (χ0v) is 11.5. The van der Waals surface area contributed by atoms with Gasteiger partial charge in [0.15, 0.2) is 0 Å². The first-order valence-corrected chi connectivity index (χ1v) is 7.37. The van der Waals surface area contributed by atoms with Crippen molar-refractivity contribution in [2.45, 2.75) is 17.9 Å². The average molecular weight is 303 g/mol. The number of hydrogen-bond donors (Lipinski definition) is 1. The van der Waals surface area contributed by atoms with Gasteiger partial charge in [-0.15, -0.1) is 0 Å². The van der Waals surface area contributed by atoms with Gasteiger partial charge in [0, 0.05) is 31.3 Å². The number of benzene rings is 1. The number of hydrogen-bond acceptors (Lipinski definition) is 5. The van der Waals surface area contributed by atoms with E-state index in [2.05, 4.69) is 0 Å². The molecule has 0 radical (unpaired) electrons. The van der Waals surface area contributed by atoms with Crippen LogP contribution in [0, 0.1) is 21.8 Å². The monoisotopic (exact) mass is 303 g/mol. The molecule has 1 aromatic rings. The van der Waals surface area contributed by atoms with Gasteiger partial charge in [0.25, 0.3) is 0 Å². The van der Waals surface area contributed by atoms with E-state index in [1.807, 2.05) is 6.92 Å². The molecule has 2 atom stereocenters. The number of nitrogens with zero attached hydrogens (tertiary/aromatic N) is 2. The van der Waals surface area contributed by atoms with Crippen LogP contribution >= 0.6 is 0 Å². The summed E-state index contributed by atoms with van der Waals surface area (Å²) in [5.74, 6) is -1.17. The molecule has 1 aliphatic heterocycles. The zero-order valence-electron chi connectivity index (χ0n) is 10.7. The first-order valence-electron chi connectivity index (χ1n) is 5.93. The third-order valence-corrected chi connectivity index (χ3v) is 5.22. The second-order valence-electron chi connectivity index (χ2n) is 4.83. The summed E-state index contributed by atoms with van der Waals surface area (Å²) in [6.07, 6.45) is 0. The molecule has 2 unspecified atom stereocenters. The zero-order chi connectivity index (χ0) is 15.1. The molecule has 1 saturated heterocycles. The molecule has 0 aromatic heterocycles. The lowest BCUT2D eigenvalue weighted by Gasteiger charge is -2.15. The summed E-state index contributed by atoms with van der Waals surface area (Å²) < 4.78 is 39.3. The second kappa shape index (κ2) is 5.08. The van der Waals surface area contributed by atoms with Crippen LogP contribution in [0.2, 0.25) is 0 Å². The van der Waals surface area contributed by atoms with Crippen LogP contribution in [-0.2, 0) is 10.0 Å². The summed E-state index contributed by atoms with van der Waals surface area (Å²) in [7, 11) is -3.88. The first-order chi connectivity index (χ1) is 9.23. The molecular weight excluding hydrogens is 289 g/mol. The lowest BCUT2D eigenvalue weighted by molar-refractivity contribution is -0.387. The number of nitrogens with two attached hydrogens (primary N) is 1. The van der Waals surface area contributed by atoms with E-state index in [4.69, 9.17) is 5.73 Å². The summed E-state index contributed by atoms with van der Waals surface area (Å²) in [4.78, 5) is 9.31. The molecule has 110 valence electrons. The molecular formula is C11H14FN3O4S. The van der Waals surface area contributed by atoms with Crippen LogP contribution in [0.5, 0.6) is 0 Å². The van der Waals surface area contributed by atoms with Crippen molar-refractivity contribution in [2.75, 3.05) is 13.1 Å². The normalized spacial score (nSPS) is 23.9. The van der Waals surface area contributed by atoms with E-state index < -0.39 is 26.5 Å². The SMILES string of the molecule is CC1CN(S(=O)(=O)c2ccc([N+](=O)[O-])c(F)c2)CC1N. The maximum absolute atomic E-state index is 13.5. The fourth-order valence-corrected chi connectivity index (χ4v) is 3.68. The van der Waals surface area contributed by atoms with Crippen molar-refractivity contribution in [2.24, 2.45) is 11.7 Å². The van der Waals surface area contributed by atoms with Crippen LogP contribution in [-0.4, -0.2) is 36.8 Å². The van der Waals surface area contributed by atoms with Crippen LogP contribution in [0.4, 0.5) is 10.1 Å². The lowest BCUT2D eigenvalue weighted by Crippen LogP contribution is -2.32. The van der Waals surface area contributed by atoms with Crippen molar-refractivity contribution in [1.29, 1.82) is 0 Å². The fraction of sp³-hybridized carbons (Fsp3) is 0.455. The third-order valence-electron chi connectivity index (χ3n) is 3.39. The van der Waals surface area contributed by atoms with E-state index >= 15 is 0 Å². The number of rotatable bonds is 3. The minimum Gasteiger partial charge on any atom is -0.326 e. The molecule has 1 aliphatic rings. The van der Waals surface area contributed by atoms with Crippen molar-refractivity contribution in [3.8, 4) is 0 Å². The highest BCUT2D eigenvalue weighted by molar-refractivity contribution is 7.89.